The Morgan fingerprint density at radius 3 is 2.53 bits per heavy atom. The topological polar surface area (TPSA) is 84.9 Å². The van der Waals surface area contributed by atoms with Crippen LogP contribution in [0.2, 0.25) is 0 Å². The van der Waals surface area contributed by atoms with Crippen LogP contribution in [0.5, 0.6) is 11.5 Å². The molecule has 0 aliphatic carbocycles. The number of anilines is 1. The highest BCUT2D eigenvalue weighted by Gasteiger charge is 2.19. The van der Waals surface area contributed by atoms with E-state index in [2.05, 4.69) is 5.32 Å². The summed E-state index contributed by atoms with van der Waals surface area (Å²) in [5.41, 5.74) is 4.46. The molecule has 0 radical (unpaired) electrons. The van der Waals surface area contributed by atoms with Crippen LogP contribution in [0.15, 0.2) is 78.9 Å². The molecular formula is C32H33NO5. The predicted octanol–water partition coefficient (Wildman–Crippen LogP) is 6.89. The van der Waals surface area contributed by atoms with Gasteiger partial charge in [-0.2, -0.15) is 0 Å². The number of hydrogen-bond acceptors (Lipinski definition) is 4. The fourth-order valence-electron chi connectivity index (χ4n) is 4.55. The quantitative estimate of drug-likeness (QED) is 0.229. The fourth-order valence-corrected chi connectivity index (χ4v) is 4.55. The Labute approximate surface area is 223 Å². The lowest BCUT2D eigenvalue weighted by molar-refractivity contribution is -0.137. The highest BCUT2D eigenvalue weighted by molar-refractivity contribution is 5.99. The SMILES string of the molecule is COc1ccc(C)cc1OCc1ccc(CCCC(=O)O)c(NC(=O)C(C)c2cccc3ccccc23)c1. The Bertz CT molecular complexity index is 1440. The first-order chi connectivity index (χ1) is 18.4. The van der Waals surface area contributed by atoms with Crippen LogP contribution in [0.3, 0.4) is 0 Å². The van der Waals surface area contributed by atoms with E-state index in [1.54, 1.807) is 7.11 Å². The molecule has 0 fully saturated rings. The van der Waals surface area contributed by atoms with Gasteiger partial charge in [0.1, 0.15) is 6.61 Å². The summed E-state index contributed by atoms with van der Waals surface area (Å²) in [7, 11) is 1.61. The van der Waals surface area contributed by atoms with E-state index < -0.39 is 5.97 Å². The lowest BCUT2D eigenvalue weighted by atomic mass is 9.94. The smallest absolute Gasteiger partial charge is 0.303 e. The first kappa shape index (κ1) is 26.7. The van der Waals surface area contributed by atoms with Crippen molar-refractivity contribution in [2.75, 3.05) is 12.4 Å². The van der Waals surface area contributed by atoms with Crippen LogP contribution in [0, 0.1) is 6.92 Å². The molecular weight excluding hydrogens is 478 g/mol. The minimum atomic E-state index is -0.836. The highest BCUT2D eigenvalue weighted by atomic mass is 16.5. The number of benzene rings is 4. The van der Waals surface area contributed by atoms with E-state index in [9.17, 15) is 9.59 Å². The molecule has 0 saturated carbocycles. The number of carboxylic acids is 1. The number of methoxy groups -OCH3 is 1. The van der Waals surface area contributed by atoms with Crippen molar-refractivity contribution in [3.63, 3.8) is 0 Å². The van der Waals surface area contributed by atoms with E-state index in [4.69, 9.17) is 14.6 Å². The Hall–Kier alpha value is -4.32. The van der Waals surface area contributed by atoms with Crippen LogP contribution >= 0.6 is 0 Å². The van der Waals surface area contributed by atoms with Crippen molar-refractivity contribution < 1.29 is 24.2 Å². The van der Waals surface area contributed by atoms with Gasteiger partial charge in [-0.15, -0.1) is 0 Å². The third-order valence-electron chi connectivity index (χ3n) is 6.67. The Balaban J connectivity index is 1.57. The van der Waals surface area contributed by atoms with Gasteiger partial charge in [-0.25, -0.2) is 0 Å². The lowest BCUT2D eigenvalue weighted by Crippen LogP contribution is -2.20. The van der Waals surface area contributed by atoms with Crippen LogP contribution < -0.4 is 14.8 Å². The fraction of sp³-hybridized carbons (Fsp3) is 0.250. The van der Waals surface area contributed by atoms with Gasteiger partial charge >= 0.3 is 5.97 Å². The van der Waals surface area contributed by atoms with E-state index in [-0.39, 0.29) is 24.9 Å². The van der Waals surface area contributed by atoms with Crippen LogP contribution in [0.1, 0.15) is 47.9 Å². The van der Waals surface area contributed by atoms with Crippen LogP contribution in [0.25, 0.3) is 10.8 Å². The number of fused-ring (bicyclic) bond motifs is 1. The molecule has 1 unspecified atom stereocenters. The zero-order valence-corrected chi connectivity index (χ0v) is 22.0. The van der Waals surface area contributed by atoms with Gasteiger partial charge in [-0.1, -0.05) is 60.7 Å². The molecule has 196 valence electrons. The van der Waals surface area contributed by atoms with E-state index >= 15 is 0 Å². The molecule has 6 heteroatoms. The van der Waals surface area contributed by atoms with Crippen molar-refractivity contribution in [3.05, 3.63) is 101 Å². The molecule has 38 heavy (non-hydrogen) atoms. The molecule has 1 atom stereocenters. The van der Waals surface area contributed by atoms with Crippen molar-refractivity contribution in [2.24, 2.45) is 0 Å². The Morgan fingerprint density at radius 1 is 0.947 bits per heavy atom. The predicted molar refractivity (Wildman–Crippen MR) is 150 cm³/mol. The second kappa shape index (κ2) is 12.3. The van der Waals surface area contributed by atoms with Gasteiger partial charge in [0.25, 0.3) is 0 Å². The van der Waals surface area contributed by atoms with Crippen molar-refractivity contribution in [1.29, 1.82) is 0 Å². The maximum atomic E-state index is 13.4. The van der Waals surface area contributed by atoms with Crippen molar-refractivity contribution >= 4 is 28.3 Å². The van der Waals surface area contributed by atoms with Crippen molar-refractivity contribution in [2.45, 2.75) is 45.6 Å². The summed E-state index contributed by atoms with van der Waals surface area (Å²) in [5, 5.41) is 14.3. The van der Waals surface area contributed by atoms with Crippen LogP contribution in [-0.2, 0) is 22.6 Å². The maximum Gasteiger partial charge on any atom is 0.303 e. The molecule has 4 aromatic carbocycles. The zero-order chi connectivity index (χ0) is 27.1. The van der Waals surface area contributed by atoms with Gasteiger partial charge in [-0.05, 0) is 77.9 Å². The molecule has 0 aliphatic heterocycles. The molecule has 0 aromatic heterocycles. The number of carbonyl (C=O) groups excluding carboxylic acids is 1. The molecule has 0 spiro atoms. The number of ether oxygens (including phenoxy) is 2. The van der Waals surface area contributed by atoms with E-state index in [1.165, 1.54) is 0 Å². The summed E-state index contributed by atoms with van der Waals surface area (Å²) in [4.78, 5) is 24.5. The number of carbonyl (C=O) groups is 2. The Morgan fingerprint density at radius 2 is 1.74 bits per heavy atom. The van der Waals surface area contributed by atoms with Gasteiger partial charge < -0.3 is 19.9 Å². The third-order valence-corrected chi connectivity index (χ3v) is 6.67. The summed E-state index contributed by atoms with van der Waals surface area (Å²) in [5.74, 6) is -0.0486. The molecule has 4 aromatic rings. The first-order valence-corrected chi connectivity index (χ1v) is 12.7. The van der Waals surface area contributed by atoms with E-state index in [1.807, 2.05) is 92.7 Å². The van der Waals surface area contributed by atoms with Crippen molar-refractivity contribution in [1.82, 2.24) is 0 Å². The minimum absolute atomic E-state index is 0.0673. The monoisotopic (exact) mass is 511 g/mol. The second-order valence-electron chi connectivity index (χ2n) is 9.46. The molecule has 0 aliphatic rings. The summed E-state index contributed by atoms with van der Waals surface area (Å²) in [6, 6.07) is 25.6. The molecule has 6 nitrogen and oxygen atoms in total. The first-order valence-electron chi connectivity index (χ1n) is 12.7. The molecule has 0 bridgehead atoms. The molecule has 0 heterocycles. The summed E-state index contributed by atoms with van der Waals surface area (Å²) in [6.07, 6.45) is 1.09. The number of amides is 1. The number of rotatable bonds is 11. The third kappa shape index (κ3) is 6.51. The molecule has 0 saturated heterocycles. The minimum Gasteiger partial charge on any atom is -0.493 e. The van der Waals surface area contributed by atoms with Gasteiger partial charge in [0.05, 0.1) is 13.0 Å². The van der Waals surface area contributed by atoms with Crippen molar-refractivity contribution in [3.8, 4) is 11.5 Å². The average molecular weight is 512 g/mol. The average Bonchev–Trinajstić information content (AvgIpc) is 2.92. The molecule has 2 N–H and O–H groups in total. The van der Waals surface area contributed by atoms with Crippen LogP contribution in [0.4, 0.5) is 5.69 Å². The summed E-state index contributed by atoms with van der Waals surface area (Å²) in [6.45, 7) is 4.18. The van der Waals surface area contributed by atoms with Gasteiger partial charge in [0.2, 0.25) is 5.91 Å². The largest absolute Gasteiger partial charge is 0.493 e. The highest BCUT2D eigenvalue weighted by Crippen LogP contribution is 2.30. The number of nitrogens with one attached hydrogen (secondary N) is 1. The maximum absolute atomic E-state index is 13.4. The van der Waals surface area contributed by atoms with Gasteiger partial charge in [0.15, 0.2) is 11.5 Å². The van der Waals surface area contributed by atoms with Gasteiger partial charge in [0, 0.05) is 12.1 Å². The standard InChI is InChI=1S/C32H33NO5/c1-21-14-17-29(37-3)30(18-21)38-20-23-15-16-25(10-7-13-31(34)35)28(19-23)33-32(36)22(2)26-12-6-9-24-8-4-5-11-27(24)26/h4-6,8-9,11-12,14-19,22H,7,10,13,20H2,1-3H3,(H,33,36)(H,34,35). The van der Waals surface area contributed by atoms with E-state index in [0.29, 0.717) is 30.0 Å². The summed E-state index contributed by atoms with van der Waals surface area (Å²) >= 11 is 0. The molecule has 1 amide bonds. The lowest BCUT2D eigenvalue weighted by Gasteiger charge is -2.18. The second-order valence-corrected chi connectivity index (χ2v) is 9.46. The number of hydrogen-bond donors (Lipinski definition) is 2. The number of aliphatic carboxylic acids is 1. The normalized spacial score (nSPS) is 11.7. The van der Waals surface area contributed by atoms with Gasteiger partial charge in [-0.3, -0.25) is 9.59 Å². The number of carboxylic acid groups (broad SMARTS) is 1. The number of aryl methyl sites for hydroxylation is 2. The Kier molecular flexibility index (Phi) is 8.64. The zero-order valence-electron chi connectivity index (χ0n) is 22.0. The van der Waals surface area contributed by atoms with Crippen LogP contribution in [-0.4, -0.2) is 24.1 Å². The molecule has 4 rings (SSSR count). The summed E-state index contributed by atoms with van der Waals surface area (Å²) < 4.78 is 11.5. The van der Waals surface area contributed by atoms with E-state index in [0.717, 1.165) is 33.0 Å².